The van der Waals surface area contributed by atoms with Crippen LogP contribution in [0.15, 0.2) is 18.2 Å². The lowest BCUT2D eigenvalue weighted by Crippen LogP contribution is -2.06. The predicted octanol–water partition coefficient (Wildman–Crippen LogP) is 1.55. The summed E-state index contributed by atoms with van der Waals surface area (Å²) in [5.74, 6) is 0.0425. The summed E-state index contributed by atoms with van der Waals surface area (Å²) >= 11 is 0. The van der Waals surface area contributed by atoms with Crippen molar-refractivity contribution in [3.05, 3.63) is 29.6 Å². The molecule has 0 atom stereocenters. The van der Waals surface area contributed by atoms with Crippen molar-refractivity contribution in [2.45, 2.75) is 13.3 Å². The fourth-order valence-electron chi connectivity index (χ4n) is 1.95. The molecule has 7 nitrogen and oxygen atoms in total. The summed E-state index contributed by atoms with van der Waals surface area (Å²) in [7, 11) is 3.08. The Bertz CT molecular complexity index is 637. The van der Waals surface area contributed by atoms with Gasteiger partial charge in [0, 0.05) is 6.07 Å². The number of hydrogen-bond donors (Lipinski definition) is 1. The largest absolute Gasteiger partial charge is 0.493 e. The van der Waals surface area contributed by atoms with Gasteiger partial charge in [0.1, 0.15) is 0 Å². The summed E-state index contributed by atoms with van der Waals surface area (Å²) in [6.07, 6.45) is 0.503. The Morgan fingerprint density at radius 2 is 2.00 bits per heavy atom. The second-order valence-electron chi connectivity index (χ2n) is 3.99. The predicted molar refractivity (Wildman–Crippen MR) is 70.8 cm³/mol. The summed E-state index contributed by atoms with van der Waals surface area (Å²) in [4.78, 5) is 11.1. The molecular weight excluding hydrogens is 262 g/mol. The number of nitrogens with zero attached hydrogens (tertiary/aromatic N) is 3. The van der Waals surface area contributed by atoms with Crippen molar-refractivity contribution < 1.29 is 19.4 Å². The molecule has 0 saturated carbocycles. The maximum atomic E-state index is 11.1. The van der Waals surface area contributed by atoms with Crippen LogP contribution in [0.25, 0.3) is 5.69 Å². The zero-order valence-electron chi connectivity index (χ0n) is 11.5. The Balaban J connectivity index is 2.54. The van der Waals surface area contributed by atoms with Gasteiger partial charge in [-0.3, -0.25) is 0 Å². The van der Waals surface area contributed by atoms with Crippen LogP contribution in [0.3, 0.4) is 0 Å². The lowest BCUT2D eigenvalue weighted by molar-refractivity contribution is 0.0689. The fraction of sp³-hybridized carbons (Fsp3) is 0.308. The van der Waals surface area contributed by atoms with Gasteiger partial charge in [0.25, 0.3) is 0 Å². The molecule has 106 valence electrons. The first kappa shape index (κ1) is 13.9. The Morgan fingerprint density at radius 3 is 2.55 bits per heavy atom. The molecule has 2 rings (SSSR count). The van der Waals surface area contributed by atoms with Gasteiger partial charge >= 0.3 is 5.97 Å². The van der Waals surface area contributed by atoms with Crippen molar-refractivity contribution >= 4 is 5.97 Å². The van der Waals surface area contributed by atoms with Crippen molar-refractivity contribution in [1.82, 2.24) is 15.0 Å². The molecule has 0 fully saturated rings. The third kappa shape index (κ3) is 2.29. The van der Waals surface area contributed by atoms with Gasteiger partial charge in [-0.25, -0.2) is 9.48 Å². The first-order valence-electron chi connectivity index (χ1n) is 6.02. The van der Waals surface area contributed by atoms with Crippen LogP contribution in [0.1, 0.15) is 23.1 Å². The molecule has 0 unspecified atom stereocenters. The van der Waals surface area contributed by atoms with E-state index in [1.54, 1.807) is 25.3 Å². The highest BCUT2D eigenvalue weighted by atomic mass is 16.5. The van der Waals surface area contributed by atoms with Gasteiger partial charge in [0.2, 0.25) is 0 Å². The van der Waals surface area contributed by atoms with E-state index in [-0.39, 0.29) is 5.69 Å². The molecule has 0 spiro atoms. The summed E-state index contributed by atoms with van der Waals surface area (Å²) in [5.41, 5.74) is 1.16. The van der Waals surface area contributed by atoms with Gasteiger partial charge in [-0.15, -0.1) is 5.10 Å². The lowest BCUT2D eigenvalue weighted by atomic mass is 10.2. The molecule has 0 aliphatic heterocycles. The van der Waals surface area contributed by atoms with Crippen LogP contribution in [-0.2, 0) is 6.42 Å². The molecule has 0 bridgehead atoms. The number of aromatic nitrogens is 3. The number of benzene rings is 1. The molecule has 2 aromatic rings. The Kier molecular flexibility index (Phi) is 3.88. The van der Waals surface area contributed by atoms with E-state index in [4.69, 9.17) is 14.6 Å². The number of aromatic carboxylic acids is 1. The van der Waals surface area contributed by atoms with Crippen LogP contribution in [0.2, 0.25) is 0 Å². The van der Waals surface area contributed by atoms with Crippen LogP contribution in [0.5, 0.6) is 11.5 Å². The zero-order chi connectivity index (χ0) is 14.7. The molecule has 0 aliphatic rings. The maximum absolute atomic E-state index is 11.1. The van der Waals surface area contributed by atoms with Crippen LogP contribution >= 0.6 is 0 Å². The topological polar surface area (TPSA) is 86.5 Å². The minimum absolute atomic E-state index is 0.0396. The smallest absolute Gasteiger partial charge is 0.358 e. The van der Waals surface area contributed by atoms with E-state index in [1.807, 2.05) is 6.92 Å². The third-order valence-electron chi connectivity index (χ3n) is 2.91. The number of carbonyl (C=O) groups is 1. The van der Waals surface area contributed by atoms with Crippen LogP contribution < -0.4 is 9.47 Å². The first-order valence-corrected chi connectivity index (χ1v) is 6.02. The standard InChI is InChI=1S/C13H15N3O4/c1-4-9-12(13(17)18)14-15-16(9)8-5-6-10(19-2)11(7-8)20-3/h5-7H,4H2,1-3H3,(H,17,18). The van der Waals surface area contributed by atoms with Gasteiger partial charge < -0.3 is 14.6 Å². The van der Waals surface area contributed by atoms with Crippen LogP contribution in [0, 0.1) is 0 Å². The molecule has 7 heteroatoms. The van der Waals surface area contributed by atoms with Crippen molar-refractivity contribution in [2.24, 2.45) is 0 Å². The van der Waals surface area contributed by atoms with Gasteiger partial charge in [0.05, 0.1) is 25.6 Å². The lowest BCUT2D eigenvalue weighted by Gasteiger charge is -2.10. The molecule has 20 heavy (non-hydrogen) atoms. The SMILES string of the molecule is CCc1c(C(=O)O)nnn1-c1ccc(OC)c(OC)c1. The minimum atomic E-state index is -1.09. The van der Waals surface area contributed by atoms with Crippen molar-refractivity contribution in [1.29, 1.82) is 0 Å². The Labute approximate surface area is 115 Å². The van der Waals surface area contributed by atoms with E-state index in [0.29, 0.717) is 29.3 Å². The second kappa shape index (κ2) is 5.60. The summed E-state index contributed by atoms with van der Waals surface area (Å²) in [6, 6.07) is 5.22. The molecule has 0 amide bonds. The van der Waals surface area contributed by atoms with Gasteiger partial charge in [-0.05, 0) is 18.6 Å². The first-order chi connectivity index (χ1) is 9.62. The Morgan fingerprint density at radius 1 is 1.30 bits per heavy atom. The monoisotopic (exact) mass is 277 g/mol. The number of methoxy groups -OCH3 is 2. The summed E-state index contributed by atoms with van der Waals surface area (Å²) in [5, 5.41) is 16.7. The summed E-state index contributed by atoms with van der Waals surface area (Å²) < 4.78 is 11.9. The number of rotatable bonds is 5. The second-order valence-corrected chi connectivity index (χ2v) is 3.99. The van der Waals surface area contributed by atoms with E-state index >= 15 is 0 Å². The van der Waals surface area contributed by atoms with E-state index in [9.17, 15) is 4.79 Å². The normalized spacial score (nSPS) is 10.3. The molecular formula is C13H15N3O4. The molecule has 1 aromatic heterocycles. The van der Waals surface area contributed by atoms with E-state index in [1.165, 1.54) is 11.8 Å². The third-order valence-corrected chi connectivity index (χ3v) is 2.91. The zero-order valence-corrected chi connectivity index (χ0v) is 11.5. The molecule has 0 aliphatic carbocycles. The highest BCUT2D eigenvalue weighted by Crippen LogP contribution is 2.29. The highest BCUT2D eigenvalue weighted by molar-refractivity contribution is 5.86. The average Bonchev–Trinajstić information content (AvgIpc) is 2.90. The van der Waals surface area contributed by atoms with Gasteiger partial charge in [-0.2, -0.15) is 0 Å². The minimum Gasteiger partial charge on any atom is -0.493 e. The average molecular weight is 277 g/mol. The van der Waals surface area contributed by atoms with Crippen LogP contribution in [-0.4, -0.2) is 40.3 Å². The number of hydrogen-bond acceptors (Lipinski definition) is 5. The maximum Gasteiger partial charge on any atom is 0.358 e. The molecule has 1 aromatic carbocycles. The van der Waals surface area contributed by atoms with Gasteiger partial charge in [0.15, 0.2) is 17.2 Å². The number of ether oxygens (including phenoxy) is 2. The number of carboxylic acid groups (broad SMARTS) is 1. The molecule has 0 radical (unpaired) electrons. The van der Waals surface area contributed by atoms with E-state index < -0.39 is 5.97 Å². The molecule has 0 saturated heterocycles. The number of carboxylic acids is 1. The summed E-state index contributed by atoms with van der Waals surface area (Å²) in [6.45, 7) is 1.85. The quantitative estimate of drug-likeness (QED) is 0.892. The van der Waals surface area contributed by atoms with Crippen molar-refractivity contribution in [3.63, 3.8) is 0 Å². The van der Waals surface area contributed by atoms with E-state index in [0.717, 1.165) is 0 Å². The fourth-order valence-corrected chi connectivity index (χ4v) is 1.95. The molecule has 1 heterocycles. The highest BCUT2D eigenvalue weighted by Gasteiger charge is 2.19. The Hall–Kier alpha value is -2.57. The van der Waals surface area contributed by atoms with E-state index in [2.05, 4.69) is 10.3 Å². The van der Waals surface area contributed by atoms with Crippen molar-refractivity contribution in [2.75, 3.05) is 14.2 Å². The van der Waals surface area contributed by atoms with Crippen LogP contribution in [0.4, 0.5) is 0 Å². The molecule has 1 N–H and O–H groups in total. The van der Waals surface area contributed by atoms with Gasteiger partial charge in [-0.1, -0.05) is 12.1 Å². The van der Waals surface area contributed by atoms with Crippen molar-refractivity contribution in [3.8, 4) is 17.2 Å².